The number of imidazole rings is 1. The van der Waals surface area contributed by atoms with Gasteiger partial charge in [-0.05, 0) is 46.0 Å². The van der Waals surface area contributed by atoms with Crippen LogP contribution in [0.5, 0.6) is 0 Å². The highest BCUT2D eigenvalue weighted by Crippen LogP contribution is 2.30. The number of nitrogens with zero attached hydrogens (tertiary/aromatic N) is 3. The number of fused-ring (bicyclic) bond motifs is 1. The van der Waals surface area contributed by atoms with Crippen LogP contribution in [0.15, 0.2) is 29.1 Å². The van der Waals surface area contributed by atoms with E-state index in [0.717, 1.165) is 23.9 Å². The predicted molar refractivity (Wildman–Crippen MR) is 109 cm³/mol. The number of rotatable bonds is 6. The average Bonchev–Trinajstić information content (AvgIpc) is 2.81. The molecule has 0 atom stereocenters. The maximum Gasteiger partial charge on any atom is 0.329 e. The maximum atomic E-state index is 12.7. The van der Waals surface area contributed by atoms with Crippen molar-refractivity contribution in [2.75, 3.05) is 20.6 Å². The Balaban J connectivity index is 1.75. The summed E-state index contributed by atoms with van der Waals surface area (Å²) in [5, 5.41) is 3.12. The van der Waals surface area contributed by atoms with E-state index in [4.69, 9.17) is 0 Å². The third-order valence-electron chi connectivity index (χ3n) is 6.14. The lowest BCUT2D eigenvalue weighted by molar-refractivity contribution is -0.122. The van der Waals surface area contributed by atoms with Gasteiger partial charge in [0.1, 0.15) is 6.54 Å². The quantitative estimate of drug-likeness (QED) is 0.793. The number of carbonyl (C=O) groups is 1. The van der Waals surface area contributed by atoms with Crippen molar-refractivity contribution in [3.05, 3.63) is 34.7 Å². The van der Waals surface area contributed by atoms with E-state index in [9.17, 15) is 9.59 Å². The molecule has 0 saturated heterocycles. The molecule has 0 spiro atoms. The van der Waals surface area contributed by atoms with Crippen molar-refractivity contribution < 1.29 is 4.79 Å². The van der Waals surface area contributed by atoms with Gasteiger partial charge in [-0.2, -0.15) is 0 Å². The molecule has 1 N–H and O–H groups in total. The Bertz CT molecular complexity index is 841. The molecule has 0 aliphatic heterocycles. The number of para-hydroxylation sites is 2. The summed E-state index contributed by atoms with van der Waals surface area (Å²) in [5.41, 5.74) is 1.60. The number of aromatic nitrogens is 2. The van der Waals surface area contributed by atoms with Gasteiger partial charge in [0.2, 0.25) is 5.91 Å². The molecule has 1 aromatic heterocycles. The molecule has 1 fully saturated rings. The molecule has 0 bridgehead atoms. The van der Waals surface area contributed by atoms with E-state index in [1.165, 1.54) is 25.7 Å². The van der Waals surface area contributed by atoms with Crippen LogP contribution in [0.4, 0.5) is 0 Å². The van der Waals surface area contributed by atoms with Crippen molar-refractivity contribution in [3.8, 4) is 0 Å². The number of amides is 1. The monoisotopic (exact) mass is 372 g/mol. The van der Waals surface area contributed by atoms with Gasteiger partial charge in [-0.3, -0.25) is 13.9 Å². The third-order valence-corrected chi connectivity index (χ3v) is 6.14. The van der Waals surface area contributed by atoms with Crippen LogP contribution < -0.4 is 11.0 Å². The number of nitrogens with one attached hydrogen (secondary N) is 1. The maximum absolute atomic E-state index is 12.7. The minimum Gasteiger partial charge on any atom is -0.353 e. The first-order valence-corrected chi connectivity index (χ1v) is 10.1. The standard InChI is InChI=1S/C21H32N4O2/c1-4-24-17-11-7-8-12-18(17)25(20(24)27)15-19(26)22-16-21(23(2)3)13-9-5-6-10-14-21/h7-8,11-12H,4-6,9-10,13-16H2,1-3H3,(H,22,26). The zero-order valence-corrected chi connectivity index (χ0v) is 16.8. The van der Waals surface area contributed by atoms with Gasteiger partial charge in [-0.1, -0.05) is 37.8 Å². The summed E-state index contributed by atoms with van der Waals surface area (Å²) in [5.74, 6) is -0.0958. The molecule has 27 heavy (non-hydrogen) atoms. The van der Waals surface area contributed by atoms with E-state index < -0.39 is 0 Å². The predicted octanol–water partition coefficient (Wildman–Crippen LogP) is 2.59. The number of aryl methyl sites for hydroxylation is 1. The molecule has 1 aromatic carbocycles. The second kappa shape index (κ2) is 8.30. The van der Waals surface area contributed by atoms with Gasteiger partial charge < -0.3 is 10.2 Å². The van der Waals surface area contributed by atoms with Crippen LogP contribution in [0, 0.1) is 0 Å². The Morgan fingerprint density at radius 3 is 2.22 bits per heavy atom. The summed E-state index contributed by atoms with van der Waals surface area (Å²) in [6, 6.07) is 7.66. The molecule has 6 heteroatoms. The summed E-state index contributed by atoms with van der Waals surface area (Å²) in [4.78, 5) is 27.7. The first-order valence-electron chi connectivity index (χ1n) is 10.1. The fraction of sp³-hybridized carbons (Fsp3) is 0.619. The van der Waals surface area contributed by atoms with Gasteiger partial charge in [0.25, 0.3) is 0 Å². The molecule has 148 valence electrons. The molecule has 3 rings (SSSR count). The number of hydrogen-bond acceptors (Lipinski definition) is 3. The molecule has 6 nitrogen and oxygen atoms in total. The van der Waals surface area contributed by atoms with Crippen molar-refractivity contribution >= 4 is 16.9 Å². The summed E-state index contributed by atoms with van der Waals surface area (Å²) in [7, 11) is 4.22. The highest BCUT2D eigenvalue weighted by Gasteiger charge is 2.33. The molecular weight excluding hydrogens is 340 g/mol. The van der Waals surface area contributed by atoms with Gasteiger partial charge in [0.15, 0.2) is 0 Å². The van der Waals surface area contributed by atoms with Crippen LogP contribution >= 0.6 is 0 Å². The van der Waals surface area contributed by atoms with E-state index >= 15 is 0 Å². The number of hydrogen-bond donors (Lipinski definition) is 1. The highest BCUT2D eigenvalue weighted by atomic mass is 16.2. The smallest absolute Gasteiger partial charge is 0.329 e. The van der Waals surface area contributed by atoms with Gasteiger partial charge in [-0.15, -0.1) is 0 Å². The van der Waals surface area contributed by atoms with Crippen LogP contribution in [-0.4, -0.2) is 46.1 Å². The minimum absolute atomic E-state index is 0.0224. The lowest BCUT2D eigenvalue weighted by Gasteiger charge is -2.39. The van der Waals surface area contributed by atoms with Crippen molar-refractivity contribution in [2.45, 2.75) is 64.1 Å². The molecule has 1 aliphatic carbocycles. The third kappa shape index (κ3) is 3.95. The fourth-order valence-corrected chi connectivity index (χ4v) is 4.36. The molecule has 1 saturated carbocycles. The summed E-state index contributed by atoms with van der Waals surface area (Å²) < 4.78 is 3.30. The van der Waals surface area contributed by atoms with E-state index in [1.54, 1.807) is 9.13 Å². The fourth-order valence-electron chi connectivity index (χ4n) is 4.36. The van der Waals surface area contributed by atoms with Crippen molar-refractivity contribution in [3.63, 3.8) is 0 Å². The molecule has 1 heterocycles. The van der Waals surface area contributed by atoms with Crippen LogP contribution in [-0.2, 0) is 17.9 Å². The summed E-state index contributed by atoms with van der Waals surface area (Å²) in [6.45, 7) is 3.25. The first-order chi connectivity index (χ1) is 13.0. The van der Waals surface area contributed by atoms with Gasteiger partial charge in [0.05, 0.1) is 11.0 Å². The lowest BCUT2D eigenvalue weighted by atomic mass is 9.88. The lowest BCUT2D eigenvalue weighted by Crippen LogP contribution is -2.53. The number of likely N-dealkylation sites (N-methyl/N-ethyl adjacent to an activating group) is 1. The normalized spacial score (nSPS) is 17.2. The average molecular weight is 373 g/mol. The zero-order valence-electron chi connectivity index (χ0n) is 16.8. The van der Waals surface area contributed by atoms with Crippen LogP contribution in [0.1, 0.15) is 45.4 Å². The SMILES string of the molecule is CCn1c(=O)n(CC(=O)NCC2(N(C)C)CCCCCC2)c2ccccc21. The van der Waals surface area contributed by atoms with E-state index in [-0.39, 0.29) is 23.7 Å². The summed E-state index contributed by atoms with van der Waals surface area (Å²) >= 11 is 0. The zero-order chi connectivity index (χ0) is 19.4. The van der Waals surface area contributed by atoms with Gasteiger partial charge in [0, 0.05) is 18.6 Å². The second-order valence-corrected chi connectivity index (χ2v) is 7.91. The van der Waals surface area contributed by atoms with E-state index in [1.807, 2.05) is 31.2 Å². The molecule has 0 unspecified atom stereocenters. The Kier molecular flexibility index (Phi) is 6.05. The van der Waals surface area contributed by atoms with Crippen molar-refractivity contribution in [2.24, 2.45) is 0 Å². The molecular formula is C21H32N4O2. The molecule has 0 radical (unpaired) electrons. The van der Waals surface area contributed by atoms with Crippen molar-refractivity contribution in [1.29, 1.82) is 0 Å². The van der Waals surface area contributed by atoms with E-state index in [0.29, 0.717) is 13.1 Å². The first kappa shape index (κ1) is 19.7. The summed E-state index contributed by atoms with van der Waals surface area (Å²) in [6.07, 6.45) is 7.17. The minimum atomic E-state index is -0.120. The van der Waals surface area contributed by atoms with Crippen molar-refractivity contribution in [1.82, 2.24) is 19.4 Å². The van der Waals surface area contributed by atoms with Crippen LogP contribution in [0.25, 0.3) is 11.0 Å². The number of benzene rings is 1. The highest BCUT2D eigenvalue weighted by molar-refractivity contribution is 5.81. The van der Waals surface area contributed by atoms with Crippen LogP contribution in [0.2, 0.25) is 0 Å². The van der Waals surface area contributed by atoms with E-state index in [2.05, 4.69) is 24.3 Å². The molecule has 2 aromatic rings. The molecule has 1 amide bonds. The van der Waals surface area contributed by atoms with Gasteiger partial charge >= 0.3 is 5.69 Å². The van der Waals surface area contributed by atoms with Crippen LogP contribution in [0.3, 0.4) is 0 Å². The Labute approximate surface area is 161 Å². The Morgan fingerprint density at radius 1 is 1.07 bits per heavy atom. The van der Waals surface area contributed by atoms with Gasteiger partial charge in [-0.25, -0.2) is 4.79 Å². The number of carbonyl (C=O) groups excluding carboxylic acids is 1. The topological polar surface area (TPSA) is 59.3 Å². The Morgan fingerprint density at radius 2 is 1.67 bits per heavy atom. The second-order valence-electron chi connectivity index (χ2n) is 7.91. The molecule has 1 aliphatic rings. The largest absolute Gasteiger partial charge is 0.353 e. The Hall–Kier alpha value is -2.08.